The first-order valence-electron chi connectivity index (χ1n) is 7.79. The van der Waals surface area contributed by atoms with Crippen molar-refractivity contribution in [2.45, 2.75) is 33.1 Å². The summed E-state index contributed by atoms with van der Waals surface area (Å²) >= 11 is 0. The zero-order chi connectivity index (χ0) is 14.8. The fraction of sp³-hybridized carbons (Fsp3) is 0.444. The van der Waals surface area contributed by atoms with Gasteiger partial charge < -0.3 is 4.90 Å². The van der Waals surface area contributed by atoms with E-state index in [2.05, 4.69) is 48.0 Å². The van der Waals surface area contributed by atoms with E-state index in [1.165, 1.54) is 18.4 Å². The molecule has 0 atom stereocenters. The third-order valence-corrected chi connectivity index (χ3v) is 4.53. The molecule has 0 spiro atoms. The van der Waals surface area contributed by atoms with Crippen LogP contribution in [0.1, 0.15) is 37.8 Å². The first-order chi connectivity index (χ1) is 10.2. The van der Waals surface area contributed by atoms with Crippen molar-refractivity contribution in [2.75, 3.05) is 18.0 Å². The van der Waals surface area contributed by atoms with E-state index in [-0.39, 0.29) is 0 Å². The van der Waals surface area contributed by atoms with Crippen molar-refractivity contribution < 1.29 is 0 Å². The Morgan fingerprint density at radius 2 is 2.10 bits per heavy atom. The molecule has 0 saturated carbocycles. The molecule has 0 radical (unpaired) electrons. The topological polar surface area (TPSA) is 39.9 Å². The van der Waals surface area contributed by atoms with Crippen LogP contribution in [-0.2, 0) is 6.42 Å². The predicted octanol–water partition coefficient (Wildman–Crippen LogP) is 3.91. The zero-order valence-electron chi connectivity index (χ0n) is 12.8. The van der Waals surface area contributed by atoms with Crippen molar-refractivity contribution in [1.82, 2.24) is 4.98 Å². The summed E-state index contributed by atoms with van der Waals surface area (Å²) in [5, 5.41) is 10.6. The van der Waals surface area contributed by atoms with Gasteiger partial charge in [-0.2, -0.15) is 5.26 Å². The van der Waals surface area contributed by atoms with Crippen LogP contribution in [0.2, 0.25) is 0 Å². The van der Waals surface area contributed by atoms with Crippen molar-refractivity contribution in [3.05, 3.63) is 35.5 Å². The van der Waals surface area contributed by atoms with Crippen LogP contribution in [0.25, 0.3) is 10.9 Å². The van der Waals surface area contributed by atoms with E-state index < -0.39 is 0 Å². The van der Waals surface area contributed by atoms with Crippen molar-refractivity contribution in [3.63, 3.8) is 0 Å². The Labute approximate surface area is 126 Å². The number of benzene rings is 1. The lowest BCUT2D eigenvalue weighted by atomic mass is 9.97. The summed E-state index contributed by atoms with van der Waals surface area (Å²) in [5.41, 5.74) is 4.07. The number of rotatable bonds is 2. The number of aromatic nitrogens is 1. The second-order valence-corrected chi connectivity index (χ2v) is 6.01. The highest BCUT2D eigenvalue weighted by Crippen LogP contribution is 2.33. The maximum absolute atomic E-state index is 9.47. The Kier molecular flexibility index (Phi) is 3.79. The largest absolute Gasteiger partial charge is 0.370 e. The molecule has 1 aliphatic rings. The van der Waals surface area contributed by atoms with E-state index in [9.17, 15) is 5.26 Å². The molecule has 0 N–H and O–H groups in total. The molecule has 2 aromatic rings. The van der Waals surface area contributed by atoms with E-state index >= 15 is 0 Å². The number of pyridine rings is 1. The van der Waals surface area contributed by atoms with Gasteiger partial charge in [-0.05, 0) is 42.9 Å². The van der Waals surface area contributed by atoms with Crippen LogP contribution in [-0.4, -0.2) is 18.1 Å². The molecule has 2 heterocycles. The van der Waals surface area contributed by atoms with Crippen LogP contribution in [0.4, 0.5) is 5.69 Å². The minimum atomic E-state index is 0.699. The summed E-state index contributed by atoms with van der Waals surface area (Å²) in [5.74, 6) is 0.783. The third kappa shape index (κ3) is 2.58. The molecule has 1 aliphatic heterocycles. The SMILES string of the molecule is CCc1ccc2ncc(C#N)c(N3CCC(C)CC3)c2c1. The highest BCUT2D eigenvalue weighted by Gasteiger charge is 2.21. The Hall–Kier alpha value is -2.08. The molecule has 0 amide bonds. The second kappa shape index (κ2) is 5.73. The van der Waals surface area contributed by atoms with Gasteiger partial charge >= 0.3 is 0 Å². The standard InChI is InChI=1S/C18H21N3/c1-3-14-4-5-17-16(10-14)18(15(11-19)12-20-17)21-8-6-13(2)7-9-21/h4-5,10,12-13H,3,6-9H2,1-2H3. The van der Waals surface area contributed by atoms with E-state index in [1.807, 2.05) is 0 Å². The monoisotopic (exact) mass is 279 g/mol. The van der Waals surface area contributed by atoms with Gasteiger partial charge in [-0.3, -0.25) is 4.98 Å². The van der Waals surface area contributed by atoms with Crippen LogP contribution < -0.4 is 4.90 Å². The first kappa shape index (κ1) is 13.9. The van der Waals surface area contributed by atoms with Crippen molar-refractivity contribution >= 4 is 16.6 Å². The van der Waals surface area contributed by atoms with Crippen LogP contribution in [0.3, 0.4) is 0 Å². The molecule has 0 bridgehead atoms. The molecule has 3 heteroatoms. The summed E-state index contributed by atoms with van der Waals surface area (Å²) in [4.78, 5) is 6.83. The van der Waals surface area contributed by atoms with Crippen LogP contribution in [0.5, 0.6) is 0 Å². The van der Waals surface area contributed by atoms with Gasteiger partial charge in [0.25, 0.3) is 0 Å². The summed E-state index contributed by atoms with van der Waals surface area (Å²) < 4.78 is 0. The average Bonchev–Trinajstić information content (AvgIpc) is 2.54. The minimum absolute atomic E-state index is 0.699. The van der Waals surface area contributed by atoms with Gasteiger partial charge in [0, 0.05) is 24.7 Å². The number of aryl methyl sites for hydroxylation is 1. The van der Waals surface area contributed by atoms with E-state index in [0.717, 1.165) is 42.0 Å². The molecule has 1 aromatic heterocycles. The van der Waals surface area contributed by atoms with Crippen LogP contribution in [0.15, 0.2) is 24.4 Å². The molecule has 21 heavy (non-hydrogen) atoms. The quantitative estimate of drug-likeness (QED) is 0.837. The maximum atomic E-state index is 9.47. The highest BCUT2D eigenvalue weighted by molar-refractivity contribution is 5.95. The molecule has 1 aromatic carbocycles. The Bertz CT molecular complexity index is 691. The molecule has 0 aliphatic carbocycles. The molecular weight excluding hydrogens is 258 g/mol. The van der Waals surface area contributed by atoms with Gasteiger partial charge in [-0.1, -0.05) is 19.9 Å². The lowest BCUT2D eigenvalue weighted by Gasteiger charge is -2.33. The van der Waals surface area contributed by atoms with Gasteiger partial charge in [-0.25, -0.2) is 0 Å². The zero-order valence-corrected chi connectivity index (χ0v) is 12.8. The Morgan fingerprint density at radius 3 is 2.76 bits per heavy atom. The summed E-state index contributed by atoms with van der Waals surface area (Å²) in [6.45, 7) is 6.53. The average molecular weight is 279 g/mol. The second-order valence-electron chi connectivity index (χ2n) is 6.01. The number of fused-ring (bicyclic) bond motifs is 1. The fourth-order valence-corrected chi connectivity index (χ4v) is 3.10. The molecule has 3 nitrogen and oxygen atoms in total. The minimum Gasteiger partial charge on any atom is -0.370 e. The fourth-order valence-electron chi connectivity index (χ4n) is 3.10. The maximum Gasteiger partial charge on any atom is 0.103 e. The van der Waals surface area contributed by atoms with E-state index in [1.54, 1.807) is 6.20 Å². The van der Waals surface area contributed by atoms with Gasteiger partial charge in [0.1, 0.15) is 6.07 Å². The third-order valence-electron chi connectivity index (χ3n) is 4.53. The number of hydrogen-bond donors (Lipinski definition) is 0. The summed E-state index contributed by atoms with van der Waals surface area (Å²) in [7, 11) is 0. The Balaban J connectivity index is 2.15. The predicted molar refractivity (Wildman–Crippen MR) is 86.4 cm³/mol. The van der Waals surface area contributed by atoms with Crippen molar-refractivity contribution in [1.29, 1.82) is 5.26 Å². The van der Waals surface area contributed by atoms with Gasteiger partial charge in [0.05, 0.1) is 16.8 Å². The number of piperidine rings is 1. The number of hydrogen-bond acceptors (Lipinski definition) is 3. The van der Waals surface area contributed by atoms with Gasteiger partial charge in [0.15, 0.2) is 0 Å². The molecule has 3 rings (SSSR count). The van der Waals surface area contributed by atoms with E-state index in [0.29, 0.717) is 5.56 Å². The summed E-state index contributed by atoms with van der Waals surface area (Å²) in [6.07, 6.45) is 5.12. The van der Waals surface area contributed by atoms with Crippen LogP contribution >= 0.6 is 0 Å². The van der Waals surface area contributed by atoms with Crippen LogP contribution in [0, 0.1) is 17.2 Å². The number of nitriles is 1. The molecule has 108 valence electrons. The lowest BCUT2D eigenvalue weighted by Crippen LogP contribution is -2.33. The molecule has 1 saturated heterocycles. The molecule has 1 fully saturated rings. The van der Waals surface area contributed by atoms with E-state index in [4.69, 9.17) is 0 Å². The first-order valence-corrected chi connectivity index (χ1v) is 7.79. The number of nitrogens with zero attached hydrogens (tertiary/aromatic N) is 3. The lowest BCUT2D eigenvalue weighted by molar-refractivity contribution is 0.439. The smallest absolute Gasteiger partial charge is 0.103 e. The molecule has 0 unspecified atom stereocenters. The van der Waals surface area contributed by atoms with Crippen molar-refractivity contribution in [3.8, 4) is 6.07 Å². The number of anilines is 1. The summed E-state index contributed by atoms with van der Waals surface area (Å²) in [6, 6.07) is 8.74. The molecular formula is C18H21N3. The van der Waals surface area contributed by atoms with Crippen molar-refractivity contribution in [2.24, 2.45) is 5.92 Å². The highest BCUT2D eigenvalue weighted by atomic mass is 15.1. The van der Waals surface area contributed by atoms with Gasteiger partial charge in [0.2, 0.25) is 0 Å². The normalized spacial score (nSPS) is 16.1. The Morgan fingerprint density at radius 1 is 1.33 bits per heavy atom. The van der Waals surface area contributed by atoms with Gasteiger partial charge in [-0.15, -0.1) is 0 Å².